The second kappa shape index (κ2) is 9.48. The van der Waals surface area contributed by atoms with Crippen LogP contribution in [0.15, 0.2) is 24.3 Å². The molecule has 1 N–H and O–H groups in total. The van der Waals surface area contributed by atoms with Crippen LogP contribution in [0, 0.1) is 5.92 Å². The standard InChI is InChI=1S/C19H30ClN/c1-2-14-21-19(13-10-16-6-4-3-5-7-16)15-17-8-11-18(20)12-9-17/h8-9,11-12,16,19,21H,2-7,10,13-15H2,1H3. The Morgan fingerprint density at radius 2 is 1.86 bits per heavy atom. The molecule has 1 aliphatic rings. The first-order valence-corrected chi connectivity index (χ1v) is 9.13. The summed E-state index contributed by atoms with van der Waals surface area (Å²) >= 11 is 5.98. The monoisotopic (exact) mass is 307 g/mol. The zero-order valence-electron chi connectivity index (χ0n) is 13.4. The fourth-order valence-electron chi connectivity index (χ4n) is 3.44. The van der Waals surface area contributed by atoms with Crippen molar-refractivity contribution in [3.8, 4) is 0 Å². The van der Waals surface area contributed by atoms with E-state index in [4.69, 9.17) is 11.6 Å². The summed E-state index contributed by atoms with van der Waals surface area (Å²) in [5.41, 5.74) is 1.40. The molecular formula is C19H30ClN. The van der Waals surface area contributed by atoms with Crippen LogP contribution in [0.3, 0.4) is 0 Å². The van der Waals surface area contributed by atoms with Crippen LogP contribution < -0.4 is 5.32 Å². The van der Waals surface area contributed by atoms with Crippen LogP contribution in [0.5, 0.6) is 0 Å². The molecule has 0 amide bonds. The molecule has 0 heterocycles. The van der Waals surface area contributed by atoms with Crippen molar-refractivity contribution in [2.75, 3.05) is 6.54 Å². The van der Waals surface area contributed by atoms with Crippen LogP contribution in [-0.4, -0.2) is 12.6 Å². The molecule has 2 rings (SSSR count). The van der Waals surface area contributed by atoms with E-state index in [9.17, 15) is 0 Å². The van der Waals surface area contributed by atoms with Gasteiger partial charge in [0.05, 0.1) is 0 Å². The van der Waals surface area contributed by atoms with E-state index in [-0.39, 0.29) is 0 Å². The second-order valence-corrected chi connectivity index (χ2v) is 7.00. The highest BCUT2D eigenvalue weighted by Gasteiger charge is 2.16. The molecule has 1 fully saturated rings. The number of halogens is 1. The molecule has 1 aromatic rings. The topological polar surface area (TPSA) is 12.0 Å². The highest BCUT2D eigenvalue weighted by molar-refractivity contribution is 6.30. The first-order valence-electron chi connectivity index (χ1n) is 8.75. The van der Waals surface area contributed by atoms with E-state index in [0.717, 1.165) is 23.9 Å². The van der Waals surface area contributed by atoms with Crippen molar-refractivity contribution in [2.24, 2.45) is 5.92 Å². The van der Waals surface area contributed by atoms with E-state index < -0.39 is 0 Å². The Bertz CT molecular complexity index is 381. The molecule has 21 heavy (non-hydrogen) atoms. The Morgan fingerprint density at radius 1 is 1.14 bits per heavy atom. The summed E-state index contributed by atoms with van der Waals surface area (Å²) < 4.78 is 0. The van der Waals surface area contributed by atoms with Gasteiger partial charge in [-0.25, -0.2) is 0 Å². The second-order valence-electron chi connectivity index (χ2n) is 6.56. The van der Waals surface area contributed by atoms with Crippen molar-refractivity contribution in [2.45, 2.75) is 70.8 Å². The SMILES string of the molecule is CCCNC(CCC1CCCCC1)Cc1ccc(Cl)cc1. The Labute approximate surface area is 135 Å². The highest BCUT2D eigenvalue weighted by Crippen LogP contribution is 2.28. The first-order chi connectivity index (χ1) is 10.3. The van der Waals surface area contributed by atoms with Gasteiger partial charge >= 0.3 is 0 Å². The van der Waals surface area contributed by atoms with Gasteiger partial charge in [-0.15, -0.1) is 0 Å². The number of benzene rings is 1. The van der Waals surface area contributed by atoms with Crippen LogP contribution in [0.1, 0.15) is 63.9 Å². The third-order valence-corrected chi connectivity index (χ3v) is 4.98. The quantitative estimate of drug-likeness (QED) is 0.658. The molecule has 1 aromatic carbocycles. The third kappa shape index (κ3) is 6.40. The summed E-state index contributed by atoms with van der Waals surface area (Å²) in [5, 5.41) is 4.57. The maximum Gasteiger partial charge on any atom is 0.0406 e. The van der Waals surface area contributed by atoms with Crippen molar-refractivity contribution in [3.05, 3.63) is 34.9 Å². The maximum atomic E-state index is 5.98. The number of hydrogen-bond acceptors (Lipinski definition) is 1. The van der Waals surface area contributed by atoms with Crippen LogP contribution in [0.2, 0.25) is 5.02 Å². The largest absolute Gasteiger partial charge is 0.314 e. The number of nitrogens with one attached hydrogen (secondary N) is 1. The van der Waals surface area contributed by atoms with Crippen molar-refractivity contribution < 1.29 is 0 Å². The lowest BCUT2D eigenvalue weighted by Gasteiger charge is -2.25. The fourth-order valence-corrected chi connectivity index (χ4v) is 3.57. The average molecular weight is 308 g/mol. The molecule has 0 bridgehead atoms. The molecule has 1 aliphatic carbocycles. The number of hydrogen-bond donors (Lipinski definition) is 1. The van der Waals surface area contributed by atoms with Crippen molar-refractivity contribution >= 4 is 11.6 Å². The van der Waals surface area contributed by atoms with Gasteiger partial charge in [0, 0.05) is 11.1 Å². The fraction of sp³-hybridized carbons (Fsp3) is 0.684. The minimum absolute atomic E-state index is 0.619. The summed E-state index contributed by atoms with van der Waals surface area (Å²) in [7, 11) is 0. The van der Waals surface area contributed by atoms with Crippen molar-refractivity contribution in [1.29, 1.82) is 0 Å². The molecule has 2 heteroatoms. The minimum Gasteiger partial charge on any atom is -0.314 e. The van der Waals surface area contributed by atoms with Gasteiger partial charge < -0.3 is 5.32 Å². The predicted molar refractivity (Wildman–Crippen MR) is 93.0 cm³/mol. The third-order valence-electron chi connectivity index (χ3n) is 4.73. The van der Waals surface area contributed by atoms with Crippen molar-refractivity contribution in [3.63, 3.8) is 0 Å². The van der Waals surface area contributed by atoms with Gasteiger partial charge in [-0.1, -0.05) is 62.8 Å². The Balaban J connectivity index is 1.82. The lowest BCUT2D eigenvalue weighted by Crippen LogP contribution is -2.32. The van der Waals surface area contributed by atoms with E-state index >= 15 is 0 Å². The molecule has 0 spiro atoms. The van der Waals surface area contributed by atoms with Gasteiger partial charge in [0.15, 0.2) is 0 Å². The van der Waals surface area contributed by atoms with Crippen LogP contribution in [0.25, 0.3) is 0 Å². The molecule has 1 atom stereocenters. The van der Waals surface area contributed by atoms with Gasteiger partial charge in [0.25, 0.3) is 0 Å². The molecule has 0 aromatic heterocycles. The minimum atomic E-state index is 0.619. The van der Waals surface area contributed by atoms with E-state index in [2.05, 4.69) is 24.4 Å². The van der Waals surface area contributed by atoms with Gasteiger partial charge in [0.1, 0.15) is 0 Å². The van der Waals surface area contributed by atoms with E-state index in [1.165, 1.54) is 56.9 Å². The smallest absolute Gasteiger partial charge is 0.0406 e. The normalized spacial score (nSPS) is 17.8. The summed E-state index contributed by atoms with van der Waals surface area (Å²) in [6.07, 6.45) is 12.3. The summed E-state index contributed by atoms with van der Waals surface area (Å²) in [6.45, 7) is 3.37. The zero-order valence-corrected chi connectivity index (χ0v) is 14.2. The predicted octanol–water partition coefficient (Wildman–Crippen LogP) is 5.61. The van der Waals surface area contributed by atoms with Gasteiger partial charge in [0.2, 0.25) is 0 Å². The number of rotatable bonds is 8. The van der Waals surface area contributed by atoms with Crippen LogP contribution >= 0.6 is 11.6 Å². The first kappa shape index (κ1) is 16.8. The average Bonchev–Trinajstić information content (AvgIpc) is 2.53. The summed E-state index contributed by atoms with van der Waals surface area (Å²) in [4.78, 5) is 0. The summed E-state index contributed by atoms with van der Waals surface area (Å²) in [6, 6.07) is 8.98. The van der Waals surface area contributed by atoms with E-state index in [1.54, 1.807) is 0 Å². The zero-order chi connectivity index (χ0) is 14.9. The molecule has 1 saturated carbocycles. The lowest BCUT2D eigenvalue weighted by molar-refractivity contribution is 0.312. The van der Waals surface area contributed by atoms with E-state index in [1.807, 2.05) is 12.1 Å². The molecule has 0 radical (unpaired) electrons. The molecule has 118 valence electrons. The van der Waals surface area contributed by atoms with Crippen LogP contribution in [0.4, 0.5) is 0 Å². The Morgan fingerprint density at radius 3 is 2.52 bits per heavy atom. The maximum absolute atomic E-state index is 5.98. The van der Waals surface area contributed by atoms with Crippen molar-refractivity contribution in [1.82, 2.24) is 5.32 Å². The molecule has 0 saturated heterocycles. The Hall–Kier alpha value is -0.530. The van der Waals surface area contributed by atoms with E-state index in [0.29, 0.717) is 6.04 Å². The lowest BCUT2D eigenvalue weighted by atomic mass is 9.84. The van der Waals surface area contributed by atoms with Gasteiger partial charge in [-0.05, 0) is 55.8 Å². The van der Waals surface area contributed by atoms with Gasteiger partial charge in [-0.2, -0.15) is 0 Å². The molecule has 1 nitrogen and oxygen atoms in total. The van der Waals surface area contributed by atoms with Crippen LogP contribution in [-0.2, 0) is 6.42 Å². The molecule has 1 unspecified atom stereocenters. The summed E-state index contributed by atoms with van der Waals surface area (Å²) in [5.74, 6) is 0.981. The molecular weight excluding hydrogens is 278 g/mol. The highest BCUT2D eigenvalue weighted by atomic mass is 35.5. The molecule has 0 aliphatic heterocycles. The Kier molecular flexibility index (Phi) is 7.60. The van der Waals surface area contributed by atoms with Gasteiger partial charge in [-0.3, -0.25) is 0 Å².